The van der Waals surface area contributed by atoms with E-state index in [2.05, 4.69) is 61.1 Å². The zero-order chi connectivity index (χ0) is 26.9. The summed E-state index contributed by atoms with van der Waals surface area (Å²) in [5.41, 5.74) is 8.24. The third-order valence-electron chi connectivity index (χ3n) is 6.45. The summed E-state index contributed by atoms with van der Waals surface area (Å²) in [5.74, 6) is 0. The van der Waals surface area contributed by atoms with Crippen LogP contribution in [0.25, 0.3) is 0 Å². The molecule has 0 bridgehead atoms. The number of nitrogens with zero attached hydrogens (tertiary/aromatic N) is 7. The van der Waals surface area contributed by atoms with Crippen LogP contribution in [0.15, 0.2) is 91.5 Å². The molecule has 1 N–H and O–H groups in total. The van der Waals surface area contributed by atoms with E-state index < -0.39 is 0 Å². The van der Waals surface area contributed by atoms with Gasteiger partial charge in [-0.25, -0.2) is 4.98 Å². The van der Waals surface area contributed by atoms with E-state index in [1.54, 1.807) is 6.33 Å². The molecule has 5 aromatic rings. The highest BCUT2D eigenvalue weighted by Gasteiger charge is 2.18. The van der Waals surface area contributed by atoms with Crippen LogP contribution in [0.5, 0.6) is 0 Å². The van der Waals surface area contributed by atoms with Crippen molar-refractivity contribution in [1.82, 2.24) is 39.7 Å². The lowest BCUT2D eigenvalue weighted by Crippen LogP contribution is -2.27. The van der Waals surface area contributed by atoms with Crippen LogP contribution in [0, 0.1) is 13.8 Å². The van der Waals surface area contributed by atoms with Crippen LogP contribution in [0.1, 0.15) is 45.6 Å². The zero-order valence-corrected chi connectivity index (χ0v) is 22.5. The summed E-state index contributed by atoms with van der Waals surface area (Å²) in [6.45, 7) is 8.24. The first-order valence-electron chi connectivity index (χ1n) is 13.2. The third kappa shape index (κ3) is 7.86. The second-order valence-corrected chi connectivity index (χ2v) is 9.80. The molecule has 0 aliphatic carbocycles. The van der Waals surface area contributed by atoms with Crippen molar-refractivity contribution in [1.29, 1.82) is 0 Å². The molecule has 8 heteroatoms. The number of hydrogen-bond acceptors (Lipinski definition) is 7. The van der Waals surface area contributed by atoms with Crippen LogP contribution >= 0.6 is 0 Å². The Labute approximate surface area is 229 Å². The van der Waals surface area contributed by atoms with Gasteiger partial charge in [0.05, 0.1) is 40.5 Å². The summed E-state index contributed by atoms with van der Waals surface area (Å²) in [4.78, 5) is 31.5. The van der Waals surface area contributed by atoms with E-state index in [0.29, 0.717) is 39.3 Å². The van der Waals surface area contributed by atoms with E-state index in [-0.39, 0.29) is 0 Å². The standard InChI is InChI=1S/C31H34N8/c1-24-9-7-13-28(36-24)19-38(17-26-11-3-5-15-32-26)21-30-31(35-23-34-30)22-39(18-27-12-4-6-16-33-27)20-29-14-8-10-25(2)37-29/h3-16,23H,17-22H2,1-2H3,(H,34,35). The molecule has 8 nitrogen and oxygen atoms in total. The fourth-order valence-corrected chi connectivity index (χ4v) is 4.67. The fourth-order valence-electron chi connectivity index (χ4n) is 4.67. The largest absolute Gasteiger partial charge is 0.347 e. The lowest BCUT2D eigenvalue weighted by molar-refractivity contribution is 0.225. The highest BCUT2D eigenvalue weighted by molar-refractivity contribution is 5.16. The Morgan fingerprint density at radius 3 is 1.56 bits per heavy atom. The molecule has 0 aromatic carbocycles. The predicted octanol–water partition coefficient (Wildman–Crippen LogP) is 5.01. The monoisotopic (exact) mass is 518 g/mol. The van der Waals surface area contributed by atoms with Crippen LogP contribution in [-0.2, 0) is 39.3 Å². The molecule has 0 fully saturated rings. The molecule has 5 rings (SSSR count). The smallest absolute Gasteiger partial charge is 0.0926 e. The summed E-state index contributed by atoms with van der Waals surface area (Å²) in [5, 5.41) is 0. The molecule has 0 unspecified atom stereocenters. The molecule has 39 heavy (non-hydrogen) atoms. The molecule has 0 aliphatic heterocycles. The first kappa shape index (κ1) is 26.3. The quantitative estimate of drug-likeness (QED) is 0.248. The summed E-state index contributed by atoms with van der Waals surface area (Å²) < 4.78 is 0. The highest BCUT2D eigenvalue weighted by Crippen LogP contribution is 2.17. The zero-order valence-electron chi connectivity index (χ0n) is 22.5. The maximum atomic E-state index is 4.75. The Morgan fingerprint density at radius 1 is 0.538 bits per heavy atom. The number of hydrogen-bond donors (Lipinski definition) is 1. The highest BCUT2D eigenvalue weighted by atomic mass is 15.2. The van der Waals surface area contributed by atoms with Crippen molar-refractivity contribution >= 4 is 0 Å². The van der Waals surface area contributed by atoms with Gasteiger partial charge >= 0.3 is 0 Å². The average Bonchev–Trinajstić information content (AvgIpc) is 3.36. The van der Waals surface area contributed by atoms with Crippen LogP contribution in [-0.4, -0.2) is 39.7 Å². The second-order valence-electron chi connectivity index (χ2n) is 9.80. The molecule has 0 saturated carbocycles. The van der Waals surface area contributed by atoms with Gasteiger partial charge in [0.15, 0.2) is 0 Å². The average molecular weight is 519 g/mol. The maximum absolute atomic E-state index is 4.75. The van der Waals surface area contributed by atoms with Gasteiger partial charge in [-0.05, 0) is 62.4 Å². The number of imidazole rings is 1. The lowest BCUT2D eigenvalue weighted by Gasteiger charge is -2.24. The molecule has 0 radical (unpaired) electrons. The Morgan fingerprint density at radius 2 is 1.05 bits per heavy atom. The molecule has 0 saturated heterocycles. The Balaban J connectivity index is 1.36. The Kier molecular flexibility index (Phi) is 8.78. The van der Waals surface area contributed by atoms with Crippen molar-refractivity contribution in [3.63, 3.8) is 0 Å². The van der Waals surface area contributed by atoms with Crippen LogP contribution in [0.2, 0.25) is 0 Å². The van der Waals surface area contributed by atoms with Gasteiger partial charge in [0, 0.05) is 63.1 Å². The van der Waals surface area contributed by atoms with E-state index in [9.17, 15) is 0 Å². The van der Waals surface area contributed by atoms with Crippen molar-refractivity contribution in [3.8, 4) is 0 Å². The molecule has 198 valence electrons. The fraction of sp³-hybridized carbons (Fsp3) is 0.258. The van der Waals surface area contributed by atoms with E-state index in [1.807, 2.05) is 62.6 Å². The van der Waals surface area contributed by atoms with Gasteiger partial charge in [0.1, 0.15) is 0 Å². The van der Waals surface area contributed by atoms with Gasteiger partial charge in [-0.15, -0.1) is 0 Å². The molecule has 5 aromatic heterocycles. The molecular formula is C31H34N8. The lowest BCUT2D eigenvalue weighted by atomic mass is 10.2. The summed E-state index contributed by atoms with van der Waals surface area (Å²) in [6.07, 6.45) is 5.47. The van der Waals surface area contributed by atoms with Gasteiger partial charge in [0.2, 0.25) is 0 Å². The summed E-state index contributed by atoms with van der Waals surface area (Å²) in [6, 6.07) is 24.4. The minimum absolute atomic E-state index is 0.672. The van der Waals surface area contributed by atoms with Crippen molar-refractivity contribution < 1.29 is 0 Å². The molecule has 0 aliphatic rings. The van der Waals surface area contributed by atoms with Gasteiger partial charge in [-0.2, -0.15) is 0 Å². The minimum Gasteiger partial charge on any atom is -0.347 e. The Bertz CT molecular complexity index is 1340. The first-order chi connectivity index (χ1) is 19.1. The van der Waals surface area contributed by atoms with Crippen LogP contribution in [0.4, 0.5) is 0 Å². The summed E-state index contributed by atoms with van der Waals surface area (Å²) in [7, 11) is 0. The van der Waals surface area contributed by atoms with Gasteiger partial charge in [-0.1, -0.05) is 24.3 Å². The molecular weight excluding hydrogens is 484 g/mol. The van der Waals surface area contributed by atoms with Crippen molar-refractivity contribution in [2.45, 2.75) is 53.1 Å². The van der Waals surface area contributed by atoms with Gasteiger partial charge in [-0.3, -0.25) is 29.7 Å². The molecule has 0 spiro atoms. The Hall–Kier alpha value is -4.27. The second kappa shape index (κ2) is 13.0. The first-order valence-corrected chi connectivity index (χ1v) is 13.2. The van der Waals surface area contributed by atoms with Gasteiger partial charge < -0.3 is 4.98 Å². The number of aromatic amines is 1. The van der Waals surface area contributed by atoms with E-state index >= 15 is 0 Å². The van der Waals surface area contributed by atoms with E-state index in [0.717, 1.165) is 45.6 Å². The molecule has 0 atom stereocenters. The van der Waals surface area contributed by atoms with Crippen molar-refractivity contribution in [2.24, 2.45) is 0 Å². The van der Waals surface area contributed by atoms with E-state index in [4.69, 9.17) is 15.0 Å². The maximum Gasteiger partial charge on any atom is 0.0926 e. The number of nitrogens with one attached hydrogen (secondary N) is 1. The third-order valence-corrected chi connectivity index (χ3v) is 6.45. The van der Waals surface area contributed by atoms with E-state index in [1.165, 1.54) is 0 Å². The SMILES string of the molecule is Cc1cccc(CN(Cc2ccccn2)Cc2nc[nH]c2CN(Cc2ccccn2)Cc2cccc(C)n2)n1. The number of aromatic nitrogens is 6. The number of aryl methyl sites for hydroxylation is 2. The van der Waals surface area contributed by atoms with Crippen molar-refractivity contribution in [3.05, 3.63) is 137 Å². The normalized spacial score (nSPS) is 11.4. The van der Waals surface area contributed by atoms with Crippen LogP contribution in [0.3, 0.4) is 0 Å². The molecule has 5 heterocycles. The summed E-state index contributed by atoms with van der Waals surface area (Å²) >= 11 is 0. The number of rotatable bonds is 12. The van der Waals surface area contributed by atoms with Crippen molar-refractivity contribution in [2.75, 3.05) is 0 Å². The predicted molar refractivity (Wildman–Crippen MR) is 151 cm³/mol. The molecule has 0 amide bonds. The van der Waals surface area contributed by atoms with Gasteiger partial charge in [0.25, 0.3) is 0 Å². The number of H-pyrrole nitrogens is 1. The van der Waals surface area contributed by atoms with Crippen LogP contribution < -0.4 is 0 Å². The topological polar surface area (TPSA) is 86.7 Å². The minimum atomic E-state index is 0.672. The number of pyridine rings is 4.